The summed E-state index contributed by atoms with van der Waals surface area (Å²) in [7, 11) is 1.50. The highest BCUT2D eigenvalue weighted by molar-refractivity contribution is 6.30. The van der Waals surface area contributed by atoms with Crippen molar-refractivity contribution < 1.29 is 22.7 Å². The highest BCUT2D eigenvalue weighted by Crippen LogP contribution is 2.34. The zero-order chi connectivity index (χ0) is 21.5. The van der Waals surface area contributed by atoms with Crippen LogP contribution < -0.4 is 10.5 Å². The van der Waals surface area contributed by atoms with E-state index < -0.39 is 34.7 Å². The Bertz CT molecular complexity index is 1090. The minimum absolute atomic E-state index is 0.000579. The van der Waals surface area contributed by atoms with Gasteiger partial charge >= 0.3 is 0 Å². The number of benzene rings is 2. The van der Waals surface area contributed by atoms with Crippen LogP contribution in [0.3, 0.4) is 0 Å². The molecule has 10 heteroatoms. The maximum absolute atomic E-state index is 14.4. The number of aromatic nitrogens is 3. The van der Waals surface area contributed by atoms with E-state index in [0.29, 0.717) is 0 Å². The summed E-state index contributed by atoms with van der Waals surface area (Å²) in [5.41, 5.74) is 3.73. The lowest BCUT2D eigenvalue weighted by Crippen LogP contribution is -2.30. The summed E-state index contributed by atoms with van der Waals surface area (Å²) in [5.74, 6) is -4.07. The molecule has 0 bridgehead atoms. The third kappa shape index (κ3) is 3.77. The van der Waals surface area contributed by atoms with Crippen molar-refractivity contribution in [2.45, 2.75) is 19.4 Å². The largest absolute Gasteiger partial charge is 0.474 e. The number of hydrogen-bond donors (Lipinski definition) is 1. The predicted molar refractivity (Wildman–Crippen MR) is 99.9 cm³/mol. The first-order chi connectivity index (χ1) is 13.5. The summed E-state index contributed by atoms with van der Waals surface area (Å²) >= 11 is 5.63. The van der Waals surface area contributed by atoms with Crippen LogP contribution >= 0.6 is 11.6 Å². The topological polar surface area (TPSA) is 83.0 Å². The number of carbonyl (C=O) groups excluding carboxylic acids is 1. The van der Waals surface area contributed by atoms with Gasteiger partial charge in [-0.15, -0.1) is 10.2 Å². The summed E-state index contributed by atoms with van der Waals surface area (Å²) < 4.78 is 49.6. The Hall–Kier alpha value is -3.07. The van der Waals surface area contributed by atoms with Gasteiger partial charge in [-0.2, -0.15) is 0 Å². The van der Waals surface area contributed by atoms with Crippen LogP contribution in [0.25, 0.3) is 11.4 Å². The molecule has 0 unspecified atom stereocenters. The van der Waals surface area contributed by atoms with Crippen LogP contribution in [0.4, 0.5) is 13.2 Å². The fraction of sp³-hybridized carbons (Fsp3) is 0.211. The number of amides is 1. The van der Waals surface area contributed by atoms with E-state index in [1.807, 2.05) is 0 Å². The van der Waals surface area contributed by atoms with Gasteiger partial charge < -0.3 is 15.0 Å². The molecule has 0 aliphatic carbocycles. The second-order valence-electron chi connectivity index (χ2n) is 6.74. The molecule has 2 aromatic carbocycles. The molecule has 2 N–H and O–H groups in total. The lowest BCUT2D eigenvalue weighted by molar-refractivity contribution is 0.0836. The van der Waals surface area contributed by atoms with Crippen molar-refractivity contribution in [3.63, 3.8) is 0 Å². The molecule has 3 rings (SSSR count). The monoisotopic (exact) mass is 424 g/mol. The van der Waals surface area contributed by atoms with E-state index in [4.69, 9.17) is 22.1 Å². The van der Waals surface area contributed by atoms with Gasteiger partial charge in [0, 0.05) is 12.1 Å². The molecule has 0 aliphatic rings. The number of ether oxygens (including phenoxy) is 1. The Kier molecular flexibility index (Phi) is 5.27. The molecule has 1 heterocycles. The van der Waals surface area contributed by atoms with Crippen molar-refractivity contribution in [1.29, 1.82) is 0 Å². The molecule has 0 aliphatic heterocycles. The summed E-state index contributed by atoms with van der Waals surface area (Å²) in [5, 5.41) is 7.79. The number of primary amides is 1. The molecule has 3 aromatic rings. The highest BCUT2D eigenvalue weighted by Gasteiger charge is 2.33. The molecule has 0 saturated carbocycles. The van der Waals surface area contributed by atoms with E-state index in [1.54, 1.807) is 0 Å². The van der Waals surface area contributed by atoms with Crippen LogP contribution in [0.15, 0.2) is 30.3 Å². The maximum Gasteiger partial charge on any atom is 0.249 e. The van der Waals surface area contributed by atoms with Gasteiger partial charge in [0.1, 0.15) is 5.82 Å². The molecule has 1 amide bonds. The van der Waals surface area contributed by atoms with Crippen LogP contribution in [0.2, 0.25) is 5.02 Å². The van der Waals surface area contributed by atoms with Gasteiger partial charge in [-0.1, -0.05) is 17.7 Å². The Balaban J connectivity index is 2.07. The normalized spacial score (nSPS) is 11.6. The number of nitrogens with zero attached hydrogens (tertiary/aromatic N) is 3. The first kappa shape index (κ1) is 20.7. The zero-order valence-electron chi connectivity index (χ0n) is 15.6. The maximum atomic E-state index is 14.4. The molecule has 0 atom stereocenters. The average molecular weight is 425 g/mol. The van der Waals surface area contributed by atoms with E-state index in [2.05, 4.69) is 10.2 Å². The van der Waals surface area contributed by atoms with Gasteiger partial charge in [-0.3, -0.25) is 4.79 Å². The number of carbonyl (C=O) groups is 1. The van der Waals surface area contributed by atoms with Crippen molar-refractivity contribution in [2.75, 3.05) is 0 Å². The molecular weight excluding hydrogens is 409 g/mol. The summed E-state index contributed by atoms with van der Waals surface area (Å²) in [6, 6.07) is 5.67. The Morgan fingerprint density at radius 3 is 2.34 bits per heavy atom. The Labute approximate surface area is 169 Å². The minimum Gasteiger partial charge on any atom is -0.474 e. The zero-order valence-corrected chi connectivity index (χ0v) is 16.4. The van der Waals surface area contributed by atoms with Gasteiger partial charge in [0.15, 0.2) is 34.6 Å². The molecule has 0 saturated heterocycles. The van der Waals surface area contributed by atoms with Crippen molar-refractivity contribution in [1.82, 2.24) is 14.8 Å². The SMILES string of the molecule is Cn1c(-c2c(F)cccc2C(N)=O)nnc1C(C)(C)Oc1c(F)cc(Cl)cc1F. The lowest BCUT2D eigenvalue weighted by atomic mass is 10.0. The number of rotatable bonds is 5. The highest BCUT2D eigenvalue weighted by atomic mass is 35.5. The molecular formula is C19H16ClF3N4O2. The molecule has 0 radical (unpaired) electrons. The molecule has 6 nitrogen and oxygen atoms in total. The molecule has 152 valence electrons. The van der Waals surface area contributed by atoms with Crippen molar-refractivity contribution in [3.8, 4) is 17.1 Å². The quantitative estimate of drug-likeness (QED) is 0.672. The fourth-order valence-electron chi connectivity index (χ4n) is 2.96. The molecule has 29 heavy (non-hydrogen) atoms. The van der Waals surface area contributed by atoms with Crippen LogP contribution in [-0.2, 0) is 12.6 Å². The standard InChI is InChI=1S/C19H16ClF3N4O2/c1-19(2,29-15-12(22)7-9(20)8-13(15)23)18-26-25-17(27(18)3)14-10(16(24)28)5-4-6-11(14)21/h4-8H,1-3H3,(H2,24,28). The van der Waals surface area contributed by atoms with Crippen LogP contribution in [0, 0.1) is 17.5 Å². The Morgan fingerprint density at radius 1 is 1.14 bits per heavy atom. The second kappa shape index (κ2) is 7.40. The van der Waals surface area contributed by atoms with Gasteiger partial charge in [-0.05, 0) is 38.1 Å². The van der Waals surface area contributed by atoms with Gasteiger partial charge in [-0.25, -0.2) is 13.2 Å². The smallest absolute Gasteiger partial charge is 0.249 e. The second-order valence-corrected chi connectivity index (χ2v) is 7.18. The van der Waals surface area contributed by atoms with Crippen LogP contribution in [0.5, 0.6) is 5.75 Å². The van der Waals surface area contributed by atoms with Gasteiger partial charge in [0.05, 0.1) is 11.1 Å². The molecule has 0 spiro atoms. The van der Waals surface area contributed by atoms with Crippen molar-refractivity contribution >= 4 is 17.5 Å². The summed E-state index contributed by atoms with van der Waals surface area (Å²) in [4.78, 5) is 11.7. The number of nitrogens with two attached hydrogens (primary N) is 1. The third-order valence-corrected chi connectivity index (χ3v) is 4.45. The Morgan fingerprint density at radius 2 is 1.76 bits per heavy atom. The van der Waals surface area contributed by atoms with E-state index in [0.717, 1.165) is 18.2 Å². The number of halogens is 4. The van der Waals surface area contributed by atoms with Crippen molar-refractivity contribution in [3.05, 3.63) is 64.2 Å². The molecule has 1 aromatic heterocycles. The third-order valence-electron chi connectivity index (χ3n) is 4.24. The first-order valence-electron chi connectivity index (χ1n) is 8.35. The minimum atomic E-state index is -1.38. The average Bonchev–Trinajstić information content (AvgIpc) is 3.00. The van der Waals surface area contributed by atoms with Gasteiger partial charge in [0.2, 0.25) is 5.91 Å². The van der Waals surface area contributed by atoms with Crippen molar-refractivity contribution in [2.24, 2.45) is 12.8 Å². The van der Waals surface area contributed by atoms with E-state index in [-0.39, 0.29) is 27.8 Å². The van der Waals surface area contributed by atoms with Crippen LogP contribution in [-0.4, -0.2) is 20.7 Å². The van der Waals surface area contributed by atoms with Crippen LogP contribution in [0.1, 0.15) is 30.0 Å². The predicted octanol–water partition coefficient (Wildman–Crippen LogP) is 3.97. The van der Waals surface area contributed by atoms with E-state index >= 15 is 0 Å². The number of hydrogen-bond acceptors (Lipinski definition) is 4. The lowest BCUT2D eigenvalue weighted by Gasteiger charge is -2.26. The first-order valence-corrected chi connectivity index (χ1v) is 8.73. The fourth-order valence-corrected chi connectivity index (χ4v) is 3.15. The van der Waals surface area contributed by atoms with E-state index in [1.165, 1.54) is 37.6 Å². The summed E-state index contributed by atoms with van der Waals surface area (Å²) in [6.45, 7) is 3.01. The molecule has 0 fully saturated rings. The summed E-state index contributed by atoms with van der Waals surface area (Å²) in [6.07, 6.45) is 0. The van der Waals surface area contributed by atoms with Gasteiger partial charge in [0.25, 0.3) is 0 Å². The van der Waals surface area contributed by atoms with E-state index in [9.17, 15) is 18.0 Å².